The van der Waals surface area contributed by atoms with Crippen molar-refractivity contribution in [3.05, 3.63) is 40.9 Å². The number of ether oxygens (including phenoxy) is 1. The van der Waals surface area contributed by atoms with Gasteiger partial charge in [-0.2, -0.15) is 0 Å². The van der Waals surface area contributed by atoms with E-state index in [1.54, 1.807) is 13.2 Å². The van der Waals surface area contributed by atoms with Gasteiger partial charge in [-0.05, 0) is 43.0 Å². The second-order valence-electron chi connectivity index (χ2n) is 5.91. The molecule has 0 atom stereocenters. The van der Waals surface area contributed by atoms with Crippen molar-refractivity contribution < 1.29 is 9.53 Å². The summed E-state index contributed by atoms with van der Waals surface area (Å²) in [4.78, 5) is 14.4. The van der Waals surface area contributed by atoms with Gasteiger partial charge in [-0.25, -0.2) is 0 Å². The van der Waals surface area contributed by atoms with Gasteiger partial charge in [0.05, 0.1) is 6.10 Å². The summed E-state index contributed by atoms with van der Waals surface area (Å²) in [5.41, 5.74) is 1.88. The summed E-state index contributed by atoms with van der Waals surface area (Å²) in [5.74, 6) is -0.0609. The second-order valence-corrected chi connectivity index (χ2v) is 6.34. The summed E-state index contributed by atoms with van der Waals surface area (Å²) in [5, 5.41) is 3.63. The molecule has 0 aliphatic carbocycles. The zero-order chi connectivity index (χ0) is 16.7. The monoisotopic (exact) mass is 336 g/mol. The van der Waals surface area contributed by atoms with Crippen LogP contribution in [0.15, 0.2) is 30.3 Å². The molecule has 0 aromatic heterocycles. The highest BCUT2D eigenvalue weighted by molar-refractivity contribution is 6.30. The fraction of sp³-hybridized carbons (Fsp3) is 0.500. The number of nitrogens with zero attached hydrogens (tertiary/aromatic N) is 1. The van der Waals surface area contributed by atoms with E-state index in [0.29, 0.717) is 17.7 Å². The van der Waals surface area contributed by atoms with E-state index in [4.69, 9.17) is 16.3 Å². The number of hydrogen-bond acceptors (Lipinski definition) is 3. The van der Waals surface area contributed by atoms with Crippen molar-refractivity contribution in [3.63, 3.8) is 0 Å². The molecule has 4 nitrogen and oxygen atoms in total. The zero-order valence-electron chi connectivity index (χ0n) is 13.8. The van der Waals surface area contributed by atoms with Crippen molar-refractivity contribution in [1.29, 1.82) is 0 Å². The van der Waals surface area contributed by atoms with E-state index in [2.05, 4.69) is 10.2 Å². The SMILES string of the molecule is COC1CCN(CCNC(=O)/C=C(\C)c2cccc(Cl)c2)CC1. The van der Waals surface area contributed by atoms with E-state index in [0.717, 1.165) is 43.6 Å². The van der Waals surface area contributed by atoms with E-state index in [9.17, 15) is 4.79 Å². The van der Waals surface area contributed by atoms with E-state index < -0.39 is 0 Å². The summed E-state index contributed by atoms with van der Waals surface area (Å²) < 4.78 is 5.36. The van der Waals surface area contributed by atoms with Gasteiger partial charge in [0.15, 0.2) is 0 Å². The van der Waals surface area contributed by atoms with E-state index >= 15 is 0 Å². The number of likely N-dealkylation sites (tertiary alicyclic amines) is 1. The number of rotatable bonds is 6. The first-order chi connectivity index (χ1) is 11.1. The van der Waals surface area contributed by atoms with Gasteiger partial charge in [0.25, 0.3) is 0 Å². The summed E-state index contributed by atoms with van der Waals surface area (Å²) in [6.07, 6.45) is 4.16. The third kappa shape index (κ3) is 5.98. The number of allylic oxidation sites excluding steroid dienone is 1. The first-order valence-electron chi connectivity index (χ1n) is 8.05. The zero-order valence-corrected chi connectivity index (χ0v) is 14.6. The van der Waals surface area contributed by atoms with Crippen LogP contribution in [0.4, 0.5) is 0 Å². The highest BCUT2D eigenvalue weighted by atomic mass is 35.5. The van der Waals surface area contributed by atoms with Crippen LogP contribution in [0.25, 0.3) is 5.57 Å². The molecule has 1 heterocycles. The number of carbonyl (C=O) groups is 1. The molecule has 1 aliphatic rings. The fourth-order valence-electron chi connectivity index (χ4n) is 2.77. The quantitative estimate of drug-likeness (QED) is 0.812. The number of carbonyl (C=O) groups excluding carboxylic acids is 1. The summed E-state index contributed by atoms with van der Waals surface area (Å²) in [6.45, 7) is 5.53. The Morgan fingerprint density at radius 3 is 2.83 bits per heavy atom. The number of amides is 1. The number of methoxy groups -OCH3 is 1. The molecule has 0 bridgehead atoms. The third-order valence-corrected chi connectivity index (χ3v) is 4.46. The molecule has 1 aromatic carbocycles. The Labute approximate surface area is 143 Å². The third-order valence-electron chi connectivity index (χ3n) is 4.22. The lowest BCUT2D eigenvalue weighted by Crippen LogP contribution is -2.41. The van der Waals surface area contributed by atoms with Crippen LogP contribution in [0, 0.1) is 0 Å². The largest absolute Gasteiger partial charge is 0.381 e. The van der Waals surface area contributed by atoms with E-state index in [1.165, 1.54) is 0 Å². The minimum atomic E-state index is -0.0609. The number of piperidine rings is 1. The second kappa shape index (κ2) is 9.06. The smallest absolute Gasteiger partial charge is 0.244 e. The number of hydrogen-bond donors (Lipinski definition) is 1. The predicted octanol–water partition coefficient (Wildman–Crippen LogP) is 2.97. The van der Waals surface area contributed by atoms with Crippen molar-refractivity contribution in [2.75, 3.05) is 33.3 Å². The minimum absolute atomic E-state index is 0.0609. The van der Waals surface area contributed by atoms with Crippen LogP contribution in [0.5, 0.6) is 0 Å². The van der Waals surface area contributed by atoms with Crippen molar-refractivity contribution in [1.82, 2.24) is 10.2 Å². The Balaban J connectivity index is 1.74. The maximum absolute atomic E-state index is 12.0. The Morgan fingerprint density at radius 2 is 2.17 bits per heavy atom. The molecule has 23 heavy (non-hydrogen) atoms. The minimum Gasteiger partial charge on any atom is -0.381 e. The molecule has 1 aliphatic heterocycles. The van der Waals surface area contributed by atoms with Crippen LogP contribution in [-0.4, -0.2) is 50.2 Å². The van der Waals surface area contributed by atoms with Crippen LogP contribution in [0.3, 0.4) is 0 Å². The average molecular weight is 337 g/mol. The lowest BCUT2D eigenvalue weighted by atomic mass is 10.1. The molecule has 1 N–H and O–H groups in total. The fourth-order valence-corrected chi connectivity index (χ4v) is 2.96. The molecule has 126 valence electrons. The normalized spacial score (nSPS) is 17.3. The molecule has 5 heteroatoms. The molecule has 1 aromatic rings. The van der Waals surface area contributed by atoms with Gasteiger partial charge in [-0.1, -0.05) is 23.7 Å². The number of halogens is 1. The molecule has 0 radical (unpaired) electrons. The molecule has 0 spiro atoms. The molecule has 0 unspecified atom stereocenters. The first kappa shape index (κ1) is 18.0. The molecule has 2 rings (SSSR count). The Morgan fingerprint density at radius 1 is 1.43 bits per heavy atom. The maximum atomic E-state index is 12.0. The van der Waals surface area contributed by atoms with Gasteiger partial charge in [0, 0.05) is 44.4 Å². The van der Waals surface area contributed by atoms with Gasteiger partial charge in [0.1, 0.15) is 0 Å². The Hall–Kier alpha value is -1.36. The summed E-state index contributed by atoms with van der Waals surface area (Å²) >= 11 is 5.97. The highest BCUT2D eigenvalue weighted by Crippen LogP contribution is 2.18. The molecule has 1 saturated heterocycles. The van der Waals surface area contributed by atoms with Gasteiger partial charge in [-0.3, -0.25) is 4.79 Å². The van der Waals surface area contributed by atoms with Crippen LogP contribution in [-0.2, 0) is 9.53 Å². The van der Waals surface area contributed by atoms with E-state index in [1.807, 2.05) is 31.2 Å². The van der Waals surface area contributed by atoms with Crippen molar-refractivity contribution in [2.45, 2.75) is 25.9 Å². The molecule has 0 saturated carbocycles. The maximum Gasteiger partial charge on any atom is 0.244 e. The van der Waals surface area contributed by atoms with Crippen molar-refractivity contribution >= 4 is 23.1 Å². The Bertz CT molecular complexity index is 552. The lowest BCUT2D eigenvalue weighted by molar-refractivity contribution is -0.116. The van der Waals surface area contributed by atoms with Crippen molar-refractivity contribution in [2.24, 2.45) is 0 Å². The molecular formula is C18H25ClN2O2. The summed E-state index contributed by atoms with van der Waals surface area (Å²) in [7, 11) is 1.77. The van der Waals surface area contributed by atoms with Crippen LogP contribution in [0.1, 0.15) is 25.3 Å². The standard InChI is InChI=1S/C18H25ClN2O2/c1-14(15-4-3-5-16(19)13-15)12-18(22)20-8-11-21-9-6-17(23-2)7-10-21/h3-5,12-13,17H,6-11H2,1-2H3,(H,20,22)/b14-12+. The number of nitrogens with one attached hydrogen (secondary N) is 1. The Kier molecular flexibility index (Phi) is 7.09. The van der Waals surface area contributed by atoms with Gasteiger partial charge in [-0.15, -0.1) is 0 Å². The first-order valence-corrected chi connectivity index (χ1v) is 8.43. The van der Waals surface area contributed by atoms with Gasteiger partial charge >= 0.3 is 0 Å². The van der Waals surface area contributed by atoms with Crippen molar-refractivity contribution in [3.8, 4) is 0 Å². The van der Waals surface area contributed by atoms with E-state index in [-0.39, 0.29) is 5.91 Å². The molecule has 1 fully saturated rings. The average Bonchev–Trinajstić information content (AvgIpc) is 2.55. The molecule has 1 amide bonds. The van der Waals surface area contributed by atoms with Gasteiger partial charge in [0.2, 0.25) is 5.91 Å². The molecular weight excluding hydrogens is 312 g/mol. The predicted molar refractivity (Wildman–Crippen MR) is 94.6 cm³/mol. The topological polar surface area (TPSA) is 41.6 Å². The summed E-state index contributed by atoms with van der Waals surface area (Å²) in [6, 6.07) is 7.52. The van der Waals surface area contributed by atoms with Gasteiger partial charge < -0.3 is 15.0 Å². The lowest BCUT2D eigenvalue weighted by Gasteiger charge is -2.31. The van der Waals surface area contributed by atoms with Crippen LogP contribution in [0.2, 0.25) is 5.02 Å². The number of benzene rings is 1. The van der Waals surface area contributed by atoms with Crippen LogP contribution < -0.4 is 5.32 Å². The van der Waals surface area contributed by atoms with Crippen LogP contribution >= 0.6 is 11.6 Å². The highest BCUT2D eigenvalue weighted by Gasteiger charge is 2.17.